The van der Waals surface area contributed by atoms with Crippen molar-refractivity contribution < 1.29 is 5.11 Å². The molecule has 0 aliphatic carbocycles. The third kappa shape index (κ3) is 4.30. The highest BCUT2D eigenvalue weighted by molar-refractivity contribution is 5.19. The molecule has 3 nitrogen and oxygen atoms in total. The molecule has 3 atom stereocenters. The van der Waals surface area contributed by atoms with Crippen molar-refractivity contribution in [1.82, 2.24) is 10.2 Å². The molecule has 0 saturated carbocycles. The number of β-amino-alcohol motifs (C(OH)–C–C–N with tert-alkyl or cyclic N) is 1. The van der Waals surface area contributed by atoms with E-state index in [9.17, 15) is 5.11 Å². The van der Waals surface area contributed by atoms with Crippen molar-refractivity contribution in [2.24, 2.45) is 5.92 Å². The number of likely N-dealkylation sites (tertiary alicyclic amines) is 1. The summed E-state index contributed by atoms with van der Waals surface area (Å²) < 4.78 is 0. The van der Waals surface area contributed by atoms with E-state index in [1.54, 1.807) is 0 Å². The largest absolute Gasteiger partial charge is 0.392 e. The fourth-order valence-corrected chi connectivity index (χ4v) is 3.10. The van der Waals surface area contributed by atoms with Crippen LogP contribution in [0.3, 0.4) is 0 Å². The van der Waals surface area contributed by atoms with E-state index in [1.807, 2.05) is 0 Å². The monoisotopic (exact) mass is 276 g/mol. The lowest BCUT2D eigenvalue weighted by molar-refractivity contribution is 0.166. The topological polar surface area (TPSA) is 35.5 Å². The van der Waals surface area contributed by atoms with Gasteiger partial charge in [0.2, 0.25) is 0 Å². The van der Waals surface area contributed by atoms with Crippen LogP contribution in [0.15, 0.2) is 30.3 Å². The van der Waals surface area contributed by atoms with E-state index in [0.29, 0.717) is 12.0 Å². The van der Waals surface area contributed by atoms with Gasteiger partial charge >= 0.3 is 0 Å². The Morgan fingerprint density at radius 3 is 2.70 bits per heavy atom. The smallest absolute Gasteiger partial charge is 0.0679 e. The first kappa shape index (κ1) is 15.5. The molecule has 2 N–H and O–H groups in total. The summed E-state index contributed by atoms with van der Waals surface area (Å²) in [6.07, 6.45) is 1.95. The average molecular weight is 276 g/mol. The van der Waals surface area contributed by atoms with Gasteiger partial charge in [0.1, 0.15) is 0 Å². The lowest BCUT2D eigenvalue weighted by Crippen LogP contribution is -2.35. The average Bonchev–Trinajstić information content (AvgIpc) is 2.86. The second-order valence-corrected chi connectivity index (χ2v) is 6.02. The standard InChI is InChI=1S/C17H28N2O/c1-3-10-18-17(15-7-5-4-6-8-15)14(2)12-19-11-9-16(20)13-19/h4-8,14,16-18,20H,3,9-13H2,1-2H3. The highest BCUT2D eigenvalue weighted by Crippen LogP contribution is 2.24. The first-order valence-electron chi connectivity index (χ1n) is 7.89. The molecule has 2 rings (SSSR count). The van der Waals surface area contributed by atoms with Crippen molar-refractivity contribution in [3.63, 3.8) is 0 Å². The van der Waals surface area contributed by atoms with Gasteiger partial charge in [0.25, 0.3) is 0 Å². The Morgan fingerprint density at radius 1 is 1.35 bits per heavy atom. The zero-order chi connectivity index (χ0) is 14.4. The molecule has 1 aromatic carbocycles. The van der Waals surface area contributed by atoms with E-state index in [1.165, 1.54) is 5.56 Å². The Hall–Kier alpha value is -0.900. The summed E-state index contributed by atoms with van der Waals surface area (Å²) in [5.74, 6) is 0.536. The Morgan fingerprint density at radius 2 is 2.10 bits per heavy atom. The zero-order valence-corrected chi connectivity index (χ0v) is 12.8. The summed E-state index contributed by atoms with van der Waals surface area (Å²) in [5, 5.41) is 13.3. The van der Waals surface area contributed by atoms with E-state index in [-0.39, 0.29) is 6.10 Å². The molecule has 0 spiro atoms. The van der Waals surface area contributed by atoms with Gasteiger partial charge < -0.3 is 15.3 Å². The molecular weight excluding hydrogens is 248 g/mol. The Bertz CT molecular complexity index is 382. The second-order valence-electron chi connectivity index (χ2n) is 6.02. The number of hydrogen-bond acceptors (Lipinski definition) is 3. The summed E-state index contributed by atoms with van der Waals surface area (Å²) >= 11 is 0. The van der Waals surface area contributed by atoms with E-state index in [4.69, 9.17) is 0 Å². The van der Waals surface area contributed by atoms with E-state index >= 15 is 0 Å². The van der Waals surface area contributed by atoms with Crippen LogP contribution in [0.25, 0.3) is 0 Å². The van der Waals surface area contributed by atoms with Crippen molar-refractivity contribution in [3.05, 3.63) is 35.9 Å². The van der Waals surface area contributed by atoms with Crippen LogP contribution in [0.1, 0.15) is 38.3 Å². The number of nitrogens with zero attached hydrogens (tertiary/aromatic N) is 1. The number of nitrogens with one attached hydrogen (secondary N) is 1. The molecule has 3 heteroatoms. The highest BCUT2D eigenvalue weighted by atomic mass is 16.3. The van der Waals surface area contributed by atoms with Gasteiger partial charge in [0.05, 0.1) is 6.10 Å². The van der Waals surface area contributed by atoms with Crippen LogP contribution in [-0.2, 0) is 0 Å². The Labute approximate surface area is 123 Å². The Balaban J connectivity index is 1.98. The van der Waals surface area contributed by atoms with Crippen LogP contribution in [0, 0.1) is 5.92 Å². The van der Waals surface area contributed by atoms with Crippen LogP contribution < -0.4 is 5.32 Å². The fraction of sp³-hybridized carbons (Fsp3) is 0.647. The number of aliphatic hydroxyl groups excluding tert-OH is 1. The maximum absolute atomic E-state index is 9.65. The third-order valence-electron chi connectivity index (χ3n) is 4.14. The molecule has 1 heterocycles. The van der Waals surface area contributed by atoms with Crippen LogP contribution >= 0.6 is 0 Å². The summed E-state index contributed by atoms with van der Waals surface area (Å²) in [7, 11) is 0. The SMILES string of the molecule is CCCNC(c1ccccc1)C(C)CN1CCC(O)C1. The summed E-state index contributed by atoms with van der Waals surface area (Å²) in [4.78, 5) is 2.39. The highest BCUT2D eigenvalue weighted by Gasteiger charge is 2.25. The van der Waals surface area contributed by atoms with Crippen LogP contribution in [0.5, 0.6) is 0 Å². The quantitative estimate of drug-likeness (QED) is 0.803. The maximum Gasteiger partial charge on any atom is 0.0679 e. The first-order valence-corrected chi connectivity index (χ1v) is 7.89. The molecule has 1 fully saturated rings. The normalized spacial score (nSPS) is 22.9. The van der Waals surface area contributed by atoms with Gasteiger partial charge in [-0.2, -0.15) is 0 Å². The minimum atomic E-state index is -0.124. The van der Waals surface area contributed by atoms with Gasteiger partial charge in [0, 0.05) is 25.7 Å². The van der Waals surface area contributed by atoms with Crippen molar-refractivity contribution in [2.45, 2.75) is 38.8 Å². The van der Waals surface area contributed by atoms with Crippen molar-refractivity contribution in [3.8, 4) is 0 Å². The summed E-state index contributed by atoms with van der Waals surface area (Å²) in [5.41, 5.74) is 1.37. The summed E-state index contributed by atoms with van der Waals surface area (Å²) in [6, 6.07) is 11.1. The summed E-state index contributed by atoms with van der Waals surface area (Å²) in [6.45, 7) is 8.47. The van der Waals surface area contributed by atoms with Gasteiger partial charge in [-0.3, -0.25) is 0 Å². The molecule has 0 aromatic heterocycles. The number of rotatable bonds is 7. The molecule has 112 valence electrons. The molecule has 3 unspecified atom stereocenters. The molecular formula is C17H28N2O. The maximum atomic E-state index is 9.65. The van der Waals surface area contributed by atoms with Crippen molar-refractivity contribution in [2.75, 3.05) is 26.2 Å². The van der Waals surface area contributed by atoms with Crippen molar-refractivity contribution >= 4 is 0 Å². The van der Waals surface area contributed by atoms with Crippen LogP contribution in [-0.4, -0.2) is 42.3 Å². The molecule has 0 bridgehead atoms. The van der Waals surface area contributed by atoms with E-state index in [2.05, 4.69) is 54.4 Å². The van der Waals surface area contributed by atoms with Crippen molar-refractivity contribution in [1.29, 1.82) is 0 Å². The molecule has 0 radical (unpaired) electrons. The predicted octanol–water partition coefficient (Wildman–Crippen LogP) is 2.43. The minimum Gasteiger partial charge on any atom is -0.392 e. The number of aliphatic hydroxyl groups is 1. The first-order chi connectivity index (χ1) is 9.70. The van der Waals surface area contributed by atoms with E-state index < -0.39 is 0 Å². The molecule has 1 saturated heterocycles. The van der Waals surface area contributed by atoms with E-state index in [0.717, 1.165) is 39.0 Å². The lowest BCUT2D eigenvalue weighted by atomic mass is 9.94. The molecule has 1 aromatic rings. The lowest BCUT2D eigenvalue weighted by Gasteiger charge is -2.29. The third-order valence-corrected chi connectivity index (χ3v) is 4.14. The predicted molar refractivity (Wildman–Crippen MR) is 83.7 cm³/mol. The van der Waals surface area contributed by atoms with Crippen LogP contribution in [0.4, 0.5) is 0 Å². The minimum absolute atomic E-state index is 0.124. The molecule has 1 aliphatic heterocycles. The molecule has 0 amide bonds. The van der Waals surface area contributed by atoms with Gasteiger partial charge in [-0.05, 0) is 30.9 Å². The second kappa shape index (κ2) is 7.77. The van der Waals surface area contributed by atoms with Crippen LogP contribution in [0.2, 0.25) is 0 Å². The van der Waals surface area contributed by atoms with Gasteiger partial charge in [-0.25, -0.2) is 0 Å². The molecule has 20 heavy (non-hydrogen) atoms. The zero-order valence-electron chi connectivity index (χ0n) is 12.8. The Kier molecular flexibility index (Phi) is 6.02. The van der Waals surface area contributed by atoms with Gasteiger partial charge in [-0.15, -0.1) is 0 Å². The van der Waals surface area contributed by atoms with Gasteiger partial charge in [0.15, 0.2) is 0 Å². The fourth-order valence-electron chi connectivity index (χ4n) is 3.10. The molecule has 1 aliphatic rings. The van der Waals surface area contributed by atoms with Gasteiger partial charge in [-0.1, -0.05) is 44.2 Å². The number of benzene rings is 1. The number of hydrogen-bond donors (Lipinski definition) is 2.